The maximum Gasteiger partial charge on any atom is 0.335 e. The summed E-state index contributed by atoms with van der Waals surface area (Å²) in [4.78, 5) is 51.1. The minimum absolute atomic E-state index is 0.0193. The average Bonchev–Trinajstić information content (AvgIpc) is 3.42. The molecule has 6 unspecified atom stereocenters. The summed E-state index contributed by atoms with van der Waals surface area (Å²) in [5.41, 5.74) is 0. The molecule has 1 fully saturated rings. The number of hydrogen-bond acceptors (Lipinski definition) is 11. The largest absolute Gasteiger partial charge is 0.479 e. The van der Waals surface area contributed by atoms with Crippen LogP contribution in [0.4, 0.5) is 0 Å². The van der Waals surface area contributed by atoms with Gasteiger partial charge in [-0.2, -0.15) is 0 Å². The Bertz CT molecular complexity index is 1620. The van der Waals surface area contributed by atoms with Crippen LogP contribution in [-0.2, 0) is 42.9 Å². The molecule has 6 atom stereocenters. The minimum Gasteiger partial charge on any atom is -0.479 e. The Morgan fingerprint density at radius 3 is 1.34 bits per heavy atom. The number of ether oxygens (including phenoxy) is 5. The van der Waals surface area contributed by atoms with Crippen molar-refractivity contribution in [3.05, 3.63) is 72.9 Å². The van der Waals surface area contributed by atoms with Crippen LogP contribution in [0.2, 0.25) is 0 Å². The van der Waals surface area contributed by atoms with Crippen LogP contribution < -0.4 is 0 Å². The first-order valence-electron chi connectivity index (χ1n) is 30.9. The lowest BCUT2D eigenvalue weighted by molar-refractivity contribution is -0.301. The lowest BCUT2D eigenvalue weighted by Crippen LogP contribution is -2.61. The number of aliphatic carboxylic acids is 1. The molecule has 1 rings (SSSR count). The van der Waals surface area contributed by atoms with E-state index in [1.54, 1.807) is 0 Å². The fourth-order valence-corrected chi connectivity index (χ4v) is 9.03. The zero-order valence-corrected chi connectivity index (χ0v) is 48.7. The highest BCUT2D eigenvalue weighted by Crippen LogP contribution is 2.26. The van der Waals surface area contributed by atoms with Gasteiger partial charge >= 0.3 is 23.9 Å². The van der Waals surface area contributed by atoms with Gasteiger partial charge in [0.25, 0.3) is 0 Å². The van der Waals surface area contributed by atoms with E-state index in [1.165, 1.54) is 109 Å². The van der Waals surface area contributed by atoms with Gasteiger partial charge in [-0.15, -0.1) is 0 Å². The van der Waals surface area contributed by atoms with Gasteiger partial charge in [0.15, 0.2) is 24.6 Å². The highest BCUT2D eigenvalue weighted by Gasteiger charge is 2.50. The molecule has 0 aromatic carbocycles. The zero-order chi connectivity index (χ0) is 56.1. The molecule has 12 heteroatoms. The monoisotopic (exact) mass is 1080 g/mol. The van der Waals surface area contributed by atoms with E-state index in [9.17, 15) is 34.5 Å². The van der Waals surface area contributed by atoms with E-state index in [0.29, 0.717) is 25.7 Å². The van der Waals surface area contributed by atoms with Gasteiger partial charge in [-0.1, -0.05) is 241 Å². The van der Waals surface area contributed by atoms with Crippen molar-refractivity contribution < 1.29 is 58.2 Å². The van der Waals surface area contributed by atoms with Crippen LogP contribution in [0.1, 0.15) is 265 Å². The number of allylic oxidation sites excluding steroid dienone is 12. The highest BCUT2D eigenvalue weighted by atomic mass is 16.7. The smallest absolute Gasteiger partial charge is 0.335 e. The number of rotatable bonds is 52. The van der Waals surface area contributed by atoms with Crippen molar-refractivity contribution in [2.45, 2.75) is 302 Å². The van der Waals surface area contributed by atoms with Gasteiger partial charge in [0.2, 0.25) is 0 Å². The second-order valence-electron chi connectivity index (χ2n) is 21.0. The van der Waals surface area contributed by atoms with Gasteiger partial charge in [0, 0.05) is 19.3 Å². The summed E-state index contributed by atoms with van der Waals surface area (Å²) < 4.78 is 28.4. The van der Waals surface area contributed by atoms with Gasteiger partial charge in [0.05, 0.1) is 6.61 Å². The molecule has 0 aliphatic carbocycles. The third-order valence-electron chi connectivity index (χ3n) is 13.8. The van der Waals surface area contributed by atoms with Gasteiger partial charge < -0.3 is 39.0 Å². The van der Waals surface area contributed by atoms with Crippen molar-refractivity contribution in [1.82, 2.24) is 0 Å². The molecule has 77 heavy (non-hydrogen) atoms. The molecular formula is C65H110O12. The van der Waals surface area contributed by atoms with Crippen LogP contribution in [0.3, 0.4) is 0 Å². The molecule has 0 saturated carbocycles. The molecule has 12 nitrogen and oxygen atoms in total. The summed E-state index contributed by atoms with van der Waals surface area (Å²) >= 11 is 0. The molecule has 0 spiro atoms. The number of carboxylic acid groups (broad SMARTS) is 1. The fourth-order valence-electron chi connectivity index (χ4n) is 9.03. The van der Waals surface area contributed by atoms with Crippen molar-refractivity contribution in [3.63, 3.8) is 0 Å². The predicted molar refractivity (Wildman–Crippen MR) is 312 cm³/mol. The van der Waals surface area contributed by atoms with Gasteiger partial charge in [-0.3, -0.25) is 14.4 Å². The molecule has 0 radical (unpaired) electrons. The standard InChI is InChI=1S/C65H110O12/c1-4-7-10-13-16-19-22-24-26-28-29-31-32-34-37-39-42-45-48-51-57(66)73-54-56(75-58(67)52-49-46-43-40-36-21-18-15-12-9-6-3)55-74-65-63(61(70)60(69)62(77-65)64(71)72)76-59(68)53-50-47-44-41-38-35-33-30-27-25-23-20-17-14-11-8-5-2/h8,11,15,17-18,20,25,27,33,35,41,44,56,60-63,65,69-70H,4-7,9-10,12-14,16,19,21-24,26,28-32,34,36-40,42-43,45-55H2,1-3H3,(H,71,72)/b11-8-,18-15-,20-17-,27-25-,35-33-,44-41-. The Balaban J connectivity index is 2.66. The minimum atomic E-state index is -1.92. The molecule has 0 bridgehead atoms. The third kappa shape index (κ3) is 42.7. The predicted octanol–water partition coefficient (Wildman–Crippen LogP) is 16.1. The second kappa shape index (κ2) is 52.8. The van der Waals surface area contributed by atoms with Crippen LogP contribution >= 0.6 is 0 Å². The van der Waals surface area contributed by atoms with E-state index in [1.807, 2.05) is 12.2 Å². The lowest BCUT2D eigenvalue weighted by atomic mass is 9.98. The molecule has 1 aliphatic heterocycles. The first-order chi connectivity index (χ1) is 37.6. The first-order valence-corrected chi connectivity index (χ1v) is 30.9. The van der Waals surface area contributed by atoms with Crippen LogP contribution in [0, 0.1) is 0 Å². The molecule has 1 aliphatic rings. The summed E-state index contributed by atoms with van der Waals surface area (Å²) in [5, 5.41) is 31.5. The maximum absolute atomic E-state index is 13.1. The number of carbonyl (C=O) groups is 4. The number of carbonyl (C=O) groups excluding carboxylic acids is 3. The Morgan fingerprint density at radius 2 is 0.844 bits per heavy atom. The van der Waals surface area contributed by atoms with Crippen molar-refractivity contribution in [2.75, 3.05) is 13.2 Å². The molecule has 0 amide bonds. The van der Waals surface area contributed by atoms with E-state index in [0.717, 1.165) is 89.9 Å². The Labute approximate surface area is 468 Å². The van der Waals surface area contributed by atoms with E-state index in [4.69, 9.17) is 23.7 Å². The van der Waals surface area contributed by atoms with E-state index in [2.05, 4.69) is 81.5 Å². The van der Waals surface area contributed by atoms with Crippen LogP contribution in [0.25, 0.3) is 0 Å². The summed E-state index contributed by atoms with van der Waals surface area (Å²) in [7, 11) is 0. The summed E-state index contributed by atoms with van der Waals surface area (Å²) in [6, 6.07) is 0. The summed E-state index contributed by atoms with van der Waals surface area (Å²) in [6.07, 6.45) is 54.6. The van der Waals surface area contributed by atoms with Crippen molar-refractivity contribution >= 4 is 23.9 Å². The fraction of sp³-hybridized carbons (Fsp3) is 0.754. The van der Waals surface area contributed by atoms with Gasteiger partial charge in [-0.25, -0.2) is 4.79 Å². The quantitative estimate of drug-likeness (QED) is 0.0228. The molecule has 1 heterocycles. The molecule has 0 aromatic rings. The molecule has 442 valence electrons. The normalized spacial score (nSPS) is 18.5. The van der Waals surface area contributed by atoms with Gasteiger partial charge in [0.1, 0.15) is 18.8 Å². The SMILES string of the molecule is CC/C=C\C/C=C\C/C=C\C/C=C\C/C=C\CCCC(=O)OC1C(OCC(COC(=O)CCCCCCCCCCCCCCCCCCCCC)OC(=O)CCCCCCC/C=C\CCCC)OC(C(=O)O)C(O)C1O. The average molecular weight is 1080 g/mol. The van der Waals surface area contributed by atoms with Crippen molar-refractivity contribution in [1.29, 1.82) is 0 Å². The number of unbranched alkanes of at least 4 members (excludes halogenated alkanes) is 26. The number of aliphatic hydroxyl groups excluding tert-OH is 2. The third-order valence-corrected chi connectivity index (χ3v) is 13.8. The van der Waals surface area contributed by atoms with Crippen LogP contribution in [0.5, 0.6) is 0 Å². The number of hydrogen-bond donors (Lipinski definition) is 3. The second-order valence-corrected chi connectivity index (χ2v) is 21.0. The van der Waals surface area contributed by atoms with Crippen molar-refractivity contribution in [3.8, 4) is 0 Å². The number of carboxylic acids is 1. The molecule has 3 N–H and O–H groups in total. The summed E-state index contributed by atoms with van der Waals surface area (Å²) in [6.45, 7) is 5.83. The zero-order valence-electron chi connectivity index (χ0n) is 48.7. The highest BCUT2D eigenvalue weighted by molar-refractivity contribution is 5.74. The maximum atomic E-state index is 13.1. The summed E-state index contributed by atoms with van der Waals surface area (Å²) in [5.74, 6) is -3.20. The Morgan fingerprint density at radius 1 is 0.442 bits per heavy atom. The van der Waals surface area contributed by atoms with E-state index < -0.39 is 67.3 Å². The molecule has 1 saturated heterocycles. The van der Waals surface area contributed by atoms with Crippen LogP contribution in [-0.4, -0.2) is 89.2 Å². The topological polar surface area (TPSA) is 175 Å². The molecular weight excluding hydrogens is 973 g/mol. The Kier molecular flexibility index (Phi) is 48.8. The Hall–Kier alpha value is -3.84. The van der Waals surface area contributed by atoms with E-state index >= 15 is 0 Å². The van der Waals surface area contributed by atoms with Gasteiger partial charge in [-0.05, 0) is 77.0 Å². The van der Waals surface area contributed by atoms with Crippen molar-refractivity contribution in [2.24, 2.45) is 0 Å². The molecule has 0 aromatic heterocycles. The first kappa shape index (κ1) is 71.2. The number of esters is 3. The van der Waals surface area contributed by atoms with Crippen LogP contribution in [0.15, 0.2) is 72.9 Å². The number of aliphatic hydroxyl groups is 2. The van der Waals surface area contributed by atoms with E-state index in [-0.39, 0.29) is 25.9 Å². The lowest BCUT2D eigenvalue weighted by Gasteiger charge is -2.40.